The first-order chi connectivity index (χ1) is 14.3. The molecular weight excluding hydrogens is 358 g/mol. The van der Waals surface area contributed by atoms with E-state index in [1.807, 2.05) is 22.8 Å². The summed E-state index contributed by atoms with van der Waals surface area (Å²) >= 11 is 0. The van der Waals surface area contributed by atoms with Gasteiger partial charge >= 0.3 is 0 Å². The van der Waals surface area contributed by atoms with Crippen LogP contribution >= 0.6 is 0 Å². The Labute approximate surface area is 171 Å². The lowest BCUT2D eigenvalue weighted by molar-refractivity contribution is 0.270. The fraction of sp³-hybridized carbons (Fsp3) is 0.250. The molecule has 0 N–H and O–H groups in total. The van der Waals surface area contributed by atoms with Crippen LogP contribution in [-0.2, 0) is 0 Å². The molecule has 0 amide bonds. The largest absolute Gasteiger partial charge is 0.354 e. The van der Waals surface area contributed by atoms with Gasteiger partial charge in [-0.25, -0.2) is 4.98 Å². The van der Waals surface area contributed by atoms with Gasteiger partial charge in [-0.1, -0.05) is 67.6 Å². The average molecular weight is 383 g/mol. The summed E-state index contributed by atoms with van der Waals surface area (Å²) in [5.74, 6) is 1.12. The number of benzene rings is 2. The molecule has 29 heavy (non-hydrogen) atoms. The van der Waals surface area contributed by atoms with Gasteiger partial charge in [-0.15, -0.1) is 0 Å². The molecule has 0 atom stereocenters. The smallest absolute Gasteiger partial charge is 0.165 e. The fourth-order valence-electron chi connectivity index (χ4n) is 4.04. The first kappa shape index (κ1) is 17.9. The summed E-state index contributed by atoms with van der Waals surface area (Å²) < 4.78 is 2.01. The van der Waals surface area contributed by atoms with Crippen molar-refractivity contribution in [3.63, 3.8) is 0 Å². The molecule has 5 rings (SSSR count). The highest BCUT2D eigenvalue weighted by Gasteiger charge is 2.21. The molecule has 1 aliphatic rings. The van der Waals surface area contributed by atoms with Crippen molar-refractivity contribution in [3.8, 4) is 22.4 Å². The monoisotopic (exact) mass is 383 g/mol. The Morgan fingerprint density at radius 3 is 2.14 bits per heavy atom. The standard InChI is InChI=1S/C24H25N5/c1-2-27-13-15-28(16-14-27)23-17-22(20-11-7-4-8-12-20)26-24-21(18-25-29(23)24)19-9-5-3-6-10-19/h3-12,17-18H,2,13-16H2,1H3. The Bertz CT molecular complexity index is 1100. The number of nitrogens with zero attached hydrogens (tertiary/aromatic N) is 5. The van der Waals surface area contributed by atoms with Crippen LogP contribution in [0.15, 0.2) is 72.9 Å². The van der Waals surface area contributed by atoms with Crippen molar-refractivity contribution < 1.29 is 0 Å². The molecule has 1 fully saturated rings. The summed E-state index contributed by atoms with van der Waals surface area (Å²) in [6, 6.07) is 23.0. The van der Waals surface area contributed by atoms with E-state index >= 15 is 0 Å². The van der Waals surface area contributed by atoms with Crippen LogP contribution in [0.5, 0.6) is 0 Å². The number of anilines is 1. The van der Waals surface area contributed by atoms with Crippen LogP contribution in [0.2, 0.25) is 0 Å². The quantitative estimate of drug-likeness (QED) is 0.529. The Balaban J connectivity index is 1.66. The maximum atomic E-state index is 5.03. The van der Waals surface area contributed by atoms with Crippen molar-refractivity contribution in [1.29, 1.82) is 0 Å². The van der Waals surface area contributed by atoms with Crippen molar-refractivity contribution in [3.05, 3.63) is 72.9 Å². The van der Waals surface area contributed by atoms with Gasteiger partial charge in [0.05, 0.1) is 11.9 Å². The normalized spacial score (nSPS) is 15.1. The first-order valence-electron chi connectivity index (χ1n) is 10.3. The SMILES string of the molecule is CCN1CCN(c2cc(-c3ccccc3)nc3c(-c4ccccc4)cnn23)CC1. The summed E-state index contributed by atoms with van der Waals surface area (Å²) in [5.41, 5.74) is 5.23. The van der Waals surface area contributed by atoms with E-state index in [1.165, 1.54) is 0 Å². The van der Waals surface area contributed by atoms with Crippen LogP contribution < -0.4 is 4.90 Å². The molecule has 2 aromatic carbocycles. The van der Waals surface area contributed by atoms with Gasteiger partial charge in [-0.3, -0.25) is 0 Å². The highest BCUT2D eigenvalue weighted by Crippen LogP contribution is 2.30. The number of hydrogen-bond acceptors (Lipinski definition) is 4. The van der Waals surface area contributed by atoms with Crippen LogP contribution in [0.1, 0.15) is 6.92 Å². The first-order valence-corrected chi connectivity index (χ1v) is 10.3. The molecule has 3 heterocycles. The maximum absolute atomic E-state index is 5.03. The third kappa shape index (κ3) is 3.38. The molecule has 0 radical (unpaired) electrons. The van der Waals surface area contributed by atoms with Crippen molar-refractivity contribution in [1.82, 2.24) is 19.5 Å². The zero-order valence-corrected chi connectivity index (χ0v) is 16.7. The van der Waals surface area contributed by atoms with Gasteiger partial charge in [0, 0.05) is 43.4 Å². The molecule has 4 aromatic rings. The minimum absolute atomic E-state index is 0.908. The second kappa shape index (κ2) is 7.68. The van der Waals surface area contributed by atoms with Crippen molar-refractivity contribution in [2.45, 2.75) is 6.92 Å². The van der Waals surface area contributed by atoms with E-state index < -0.39 is 0 Å². The lowest BCUT2D eigenvalue weighted by atomic mass is 10.1. The van der Waals surface area contributed by atoms with E-state index in [9.17, 15) is 0 Å². The van der Waals surface area contributed by atoms with E-state index in [1.54, 1.807) is 0 Å². The van der Waals surface area contributed by atoms with Crippen LogP contribution in [0.25, 0.3) is 28.0 Å². The minimum Gasteiger partial charge on any atom is -0.354 e. The molecule has 0 unspecified atom stereocenters. The minimum atomic E-state index is 0.908. The number of piperazine rings is 1. The van der Waals surface area contributed by atoms with Gasteiger partial charge in [0.15, 0.2) is 5.65 Å². The Kier molecular flexibility index (Phi) is 4.74. The molecule has 146 valence electrons. The van der Waals surface area contributed by atoms with E-state index in [2.05, 4.69) is 71.3 Å². The third-order valence-corrected chi connectivity index (χ3v) is 5.75. The predicted molar refractivity (Wildman–Crippen MR) is 118 cm³/mol. The number of hydrogen-bond donors (Lipinski definition) is 0. The molecule has 2 aromatic heterocycles. The molecule has 0 aliphatic carbocycles. The van der Waals surface area contributed by atoms with Gasteiger partial charge in [0.1, 0.15) is 5.82 Å². The summed E-state index contributed by atoms with van der Waals surface area (Å²) in [4.78, 5) is 9.96. The van der Waals surface area contributed by atoms with Crippen LogP contribution in [0.3, 0.4) is 0 Å². The Morgan fingerprint density at radius 1 is 0.828 bits per heavy atom. The van der Waals surface area contributed by atoms with E-state index in [0.717, 1.165) is 66.6 Å². The van der Waals surface area contributed by atoms with E-state index in [-0.39, 0.29) is 0 Å². The van der Waals surface area contributed by atoms with Gasteiger partial charge in [0.25, 0.3) is 0 Å². The molecule has 5 heteroatoms. The third-order valence-electron chi connectivity index (χ3n) is 5.75. The summed E-state index contributed by atoms with van der Waals surface area (Å²) in [5, 5.41) is 4.74. The molecule has 0 bridgehead atoms. The van der Waals surface area contributed by atoms with Gasteiger partial charge in [0.2, 0.25) is 0 Å². The van der Waals surface area contributed by atoms with E-state index in [4.69, 9.17) is 10.1 Å². The Morgan fingerprint density at radius 2 is 1.48 bits per heavy atom. The second-order valence-corrected chi connectivity index (χ2v) is 7.45. The summed E-state index contributed by atoms with van der Waals surface area (Å²) in [6.07, 6.45) is 1.94. The van der Waals surface area contributed by atoms with Crippen LogP contribution in [-0.4, -0.2) is 52.2 Å². The highest BCUT2D eigenvalue weighted by molar-refractivity contribution is 5.80. The zero-order valence-electron chi connectivity index (χ0n) is 16.7. The summed E-state index contributed by atoms with van der Waals surface area (Å²) in [6.45, 7) is 7.49. The zero-order chi connectivity index (χ0) is 19.6. The highest BCUT2D eigenvalue weighted by atomic mass is 15.4. The molecular formula is C24H25N5. The number of fused-ring (bicyclic) bond motifs is 1. The van der Waals surface area contributed by atoms with E-state index in [0.29, 0.717) is 0 Å². The molecule has 5 nitrogen and oxygen atoms in total. The topological polar surface area (TPSA) is 36.7 Å². The number of likely N-dealkylation sites (N-methyl/N-ethyl adjacent to an activating group) is 1. The average Bonchev–Trinajstić information content (AvgIpc) is 3.24. The van der Waals surface area contributed by atoms with Crippen LogP contribution in [0, 0.1) is 0 Å². The van der Waals surface area contributed by atoms with Crippen molar-refractivity contribution in [2.24, 2.45) is 0 Å². The lowest BCUT2D eigenvalue weighted by Gasteiger charge is -2.35. The number of rotatable bonds is 4. The predicted octanol–water partition coefficient (Wildman–Crippen LogP) is 4.21. The van der Waals surface area contributed by atoms with Crippen molar-refractivity contribution in [2.75, 3.05) is 37.6 Å². The molecule has 1 saturated heterocycles. The molecule has 0 spiro atoms. The van der Waals surface area contributed by atoms with Gasteiger partial charge < -0.3 is 9.80 Å². The second-order valence-electron chi connectivity index (χ2n) is 7.45. The van der Waals surface area contributed by atoms with Crippen LogP contribution in [0.4, 0.5) is 5.82 Å². The van der Waals surface area contributed by atoms with Gasteiger partial charge in [-0.2, -0.15) is 9.61 Å². The molecule has 1 aliphatic heterocycles. The maximum Gasteiger partial charge on any atom is 0.165 e. The fourth-order valence-corrected chi connectivity index (χ4v) is 4.04. The summed E-state index contributed by atoms with van der Waals surface area (Å²) in [7, 11) is 0. The molecule has 0 saturated carbocycles. The lowest BCUT2D eigenvalue weighted by Crippen LogP contribution is -2.46. The van der Waals surface area contributed by atoms with Gasteiger partial charge in [-0.05, 0) is 12.1 Å². The Hall–Kier alpha value is -3.18. The number of aromatic nitrogens is 3. The van der Waals surface area contributed by atoms with Crippen molar-refractivity contribution >= 4 is 11.5 Å².